The maximum Gasteiger partial charge on any atom is 0.457 e. The molecular formula is C13HF27. The topological polar surface area (TPSA) is 0 Å². The number of rotatable bonds is 10. The Morgan fingerprint density at radius 2 is 0.475 bits per heavy atom. The summed E-state index contributed by atoms with van der Waals surface area (Å²) in [5.41, 5.74) is -9.61. The highest BCUT2D eigenvalue weighted by molar-refractivity contribution is 5.22. The Bertz CT molecular complexity index is 914. The molecule has 242 valence electrons. The molecule has 0 heterocycles. The van der Waals surface area contributed by atoms with Crippen molar-refractivity contribution in [1.29, 1.82) is 0 Å². The third-order valence-corrected chi connectivity index (χ3v) is 4.67. The zero-order valence-electron chi connectivity index (χ0n) is 16.8. The van der Waals surface area contributed by atoms with Gasteiger partial charge in [0.2, 0.25) is 0 Å². The lowest BCUT2D eigenvalue weighted by Crippen LogP contribution is -2.80. The van der Waals surface area contributed by atoms with Crippen LogP contribution in [0.15, 0.2) is 0 Å². The maximum atomic E-state index is 13.7. The summed E-state index contributed by atoms with van der Waals surface area (Å²) < 4.78 is 350. The molecule has 0 aliphatic heterocycles. The van der Waals surface area contributed by atoms with E-state index >= 15 is 0 Å². The molecule has 0 aliphatic carbocycles. The van der Waals surface area contributed by atoms with Crippen molar-refractivity contribution in [1.82, 2.24) is 0 Å². The van der Waals surface area contributed by atoms with Gasteiger partial charge in [0.25, 0.3) is 0 Å². The van der Waals surface area contributed by atoms with Gasteiger partial charge >= 0.3 is 77.7 Å². The van der Waals surface area contributed by atoms with Crippen LogP contribution < -0.4 is 0 Å². The quantitative estimate of drug-likeness (QED) is 0.204. The molecule has 0 aromatic rings. The molecule has 0 saturated heterocycles. The average Bonchev–Trinajstić information content (AvgIpc) is 2.69. The molecule has 0 radical (unpaired) electrons. The van der Waals surface area contributed by atoms with Crippen molar-refractivity contribution in [2.24, 2.45) is 0 Å². The second-order valence-corrected chi connectivity index (χ2v) is 7.17. The lowest BCUT2D eigenvalue weighted by molar-refractivity contribution is -0.487. The Morgan fingerprint density at radius 1 is 0.250 bits per heavy atom. The van der Waals surface area contributed by atoms with E-state index in [0.717, 1.165) is 0 Å². The lowest BCUT2D eigenvalue weighted by Gasteiger charge is -2.47. The van der Waals surface area contributed by atoms with E-state index in [1.807, 2.05) is 0 Å². The van der Waals surface area contributed by atoms with Gasteiger partial charge in [0.1, 0.15) is 0 Å². The first-order chi connectivity index (χ1) is 16.7. The third-order valence-electron chi connectivity index (χ3n) is 4.67. The van der Waals surface area contributed by atoms with Crippen molar-refractivity contribution < 1.29 is 119 Å². The Hall–Kier alpha value is -1.89. The van der Waals surface area contributed by atoms with Gasteiger partial charge in [-0.15, -0.1) is 0 Å². The maximum absolute atomic E-state index is 13.7. The van der Waals surface area contributed by atoms with Crippen molar-refractivity contribution in [3.8, 4) is 0 Å². The van der Waals surface area contributed by atoms with Crippen molar-refractivity contribution >= 4 is 0 Å². The molecule has 0 saturated carbocycles. The standard InChI is InChI=1S/C13HF27/c14-1(15)2(16,17)4(19,20)7(25,26)9(29,30)11(33,34)10(31,32)8(27,28)5(21,22)3(18,12(35,36)37)6(23,24)13(38,39)40/h1H. The van der Waals surface area contributed by atoms with Crippen LogP contribution in [0, 0.1) is 0 Å². The van der Waals surface area contributed by atoms with Crippen LogP contribution in [0.1, 0.15) is 0 Å². The smallest absolute Gasteiger partial charge is 0.219 e. The van der Waals surface area contributed by atoms with Gasteiger partial charge in [-0.05, 0) is 0 Å². The summed E-state index contributed by atoms with van der Waals surface area (Å²) in [5, 5.41) is 0. The van der Waals surface area contributed by atoms with Crippen LogP contribution in [-0.2, 0) is 0 Å². The second kappa shape index (κ2) is 9.05. The lowest BCUT2D eigenvalue weighted by atomic mass is 9.80. The zero-order chi connectivity index (χ0) is 33.6. The Labute approximate surface area is 198 Å². The molecule has 0 nitrogen and oxygen atoms in total. The molecule has 0 fully saturated rings. The molecule has 0 aromatic heterocycles. The highest BCUT2D eigenvalue weighted by Gasteiger charge is 3.01. The molecule has 0 bridgehead atoms. The molecular weight excluding hydrogens is 669 g/mol. The Kier molecular flexibility index (Phi) is 8.63. The van der Waals surface area contributed by atoms with E-state index in [1.165, 1.54) is 0 Å². The van der Waals surface area contributed by atoms with Crippen LogP contribution >= 0.6 is 0 Å². The summed E-state index contributed by atoms with van der Waals surface area (Å²) in [6.07, 6.45) is -23.9. The highest BCUT2D eigenvalue weighted by atomic mass is 19.4. The van der Waals surface area contributed by atoms with Crippen LogP contribution in [0.25, 0.3) is 0 Å². The number of alkyl halides is 27. The fourth-order valence-corrected chi connectivity index (χ4v) is 2.30. The number of hydrogen-bond acceptors (Lipinski definition) is 0. The summed E-state index contributed by atoms with van der Waals surface area (Å²) in [7, 11) is 0. The highest BCUT2D eigenvalue weighted by Crippen LogP contribution is 2.69. The van der Waals surface area contributed by atoms with Crippen LogP contribution in [0.5, 0.6) is 0 Å². The van der Waals surface area contributed by atoms with Gasteiger partial charge in [-0.3, -0.25) is 0 Å². The molecule has 27 heteroatoms. The summed E-state index contributed by atoms with van der Waals surface area (Å²) in [5.74, 6) is -84.1. The summed E-state index contributed by atoms with van der Waals surface area (Å²) in [4.78, 5) is 0. The Morgan fingerprint density at radius 3 is 0.675 bits per heavy atom. The molecule has 40 heavy (non-hydrogen) atoms. The van der Waals surface area contributed by atoms with Crippen molar-refractivity contribution in [3.63, 3.8) is 0 Å². The normalized spacial score (nSPS) is 18.3. The predicted molar refractivity (Wildman–Crippen MR) is 66.5 cm³/mol. The molecule has 0 aromatic carbocycles. The largest absolute Gasteiger partial charge is 0.457 e. The minimum atomic E-state index is -9.87. The van der Waals surface area contributed by atoms with Gasteiger partial charge in [0.15, 0.2) is 0 Å². The molecule has 0 amide bonds. The molecule has 0 aliphatic rings. The van der Waals surface area contributed by atoms with E-state index in [9.17, 15) is 119 Å². The first-order valence-corrected chi connectivity index (χ1v) is 8.20. The molecule has 0 spiro atoms. The van der Waals surface area contributed by atoms with E-state index < -0.39 is 77.7 Å². The van der Waals surface area contributed by atoms with E-state index in [0.29, 0.717) is 0 Å². The number of halogens is 27. The van der Waals surface area contributed by atoms with Crippen molar-refractivity contribution in [3.05, 3.63) is 0 Å². The number of hydrogen-bond donors (Lipinski definition) is 0. The fraction of sp³-hybridized carbons (Fsp3) is 1.00. The van der Waals surface area contributed by atoms with E-state index in [4.69, 9.17) is 0 Å². The fourth-order valence-electron chi connectivity index (χ4n) is 2.30. The van der Waals surface area contributed by atoms with Crippen LogP contribution in [0.2, 0.25) is 0 Å². The van der Waals surface area contributed by atoms with Crippen LogP contribution in [0.4, 0.5) is 119 Å². The average molecular weight is 670 g/mol. The predicted octanol–water partition coefficient (Wildman–Crippen LogP) is 8.80. The molecule has 0 N–H and O–H groups in total. The van der Waals surface area contributed by atoms with Gasteiger partial charge in [-0.2, -0.15) is 105 Å². The minimum Gasteiger partial charge on any atom is -0.219 e. The second-order valence-electron chi connectivity index (χ2n) is 7.17. The van der Waals surface area contributed by atoms with Crippen LogP contribution in [0.3, 0.4) is 0 Å². The van der Waals surface area contributed by atoms with Crippen molar-refractivity contribution in [2.45, 2.75) is 77.7 Å². The minimum absolute atomic E-state index is 6.35. The van der Waals surface area contributed by atoms with E-state index in [2.05, 4.69) is 0 Å². The van der Waals surface area contributed by atoms with Crippen molar-refractivity contribution in [2.75, 3.05) is 0 Å². The third kappa shape index (κ3) is 4.19. The zero-order valence-corrected chi connectivity index (χ0v) is 16.8. The summed E-state index contributed by atoms with van der Waals surface area (Å²) in [6, 6.07) is 0. The Balaban J connectivity index is 7.62. The first kappa shape index (κ1) is 38.1. The summed E-state index contributed by atoms with van der Waals surface area (Å²) >= 11 is 0. The monoisotopic (exact) mass is 670 g/mol. The van der Waals surface area contributed by atoms with E-state index in [1.54, 1.807) is 0 Å². The SMILES string of the molecule is FC(F)C(F)(F)C(F)(F)C(F)(F)C(F)(F)C(F)(F)C(F)(F)C(F)(F)C(F)(F)C(F)(C(F)(F)F)C(F)(F)C(F)(F)F. The molecule has 0 rings (SSSR count). The van der Waals surface area contributed by atoms with Gasteiger partial charge in [-0.25, -0.2) is 13.2 Å². The van der Waals surface area contributed by atoms with Gasteiger partial charge in [0, 0.05) is 0 Å². The first-order valence-electron chi connectivity index (χ1n) is 8.20. The van der Waals surface area contributed by atoms with Crippen LogP contribution in [-0.4, -0.2) is 77.7 Å². The van der Waals surface area contributed by atoms with E-state index in [-0.39, 0.29) is 0 Å². The van der Waals surface area contributed by atoms with Gasteiger partial charge < -0.3 is 0 Å². The molecule has 1 atom stereocenters. The summed E-state index contributed by atoms with van der Waals surface area (Å²) in [6.45, 7) is 0. The van der Waals surface area contributed by atoms with Gasteiger partial charge in [-0.1, -0.05) is 0 Å². The van der Waals surface area contributed by atoms with Gasteiger partial charge in [0.05, 0.1) is 0 Å². The molecule has 1 unspecified atom stereocenters.